The molecule has 1 aromatic heterocycles. The fourth-order valence-corrected chi connectivity index (χ4v) is 4.13. The second-order valence-electron chi connectivity index (χ2n) is 6.85. The van der Waals surface area contributed by atoms with Crippen LogP contribution in [0.25, 0.3) is 5.76 Å². The lowest BCUT2D eigenvalue weighted by atomic mass is 9.95. The standard InChI is InChI=1S/C23H20N2O4S/c1-3-29-17-10-8-16(9-11-17)20(26)18-19(15-6-4-14(2)5-7-15)25(22(28)21(18)27)23-24-12-13-30-23/h4-13,19,26H,3H2,1-2H3/t19-/m1/s1. The number of aliphatic hydroxyl groups is 1. The number of aliphatic hydroxyl groups excluding tert-OH is 1. The highest BCUT2D eigenvalue weighted by Crippen LogP contribution is 2.42. The number of carbonyl (C=O) groups excluding carboxylic acids is 2. The maximum absolute atomic E-state index is 13.0. The van der Waals surface area contributed by atoms with E-state index in [1.807, 2.05) is 38.1 Å². The molecule has 1 amide bonds. The van der Waals surface area contributed by atoms with Crippen LogP contribution >= 0.6 is 11.3 Å². The first-order valence-electron chi connectivity index (χ1n) is 9.51. The Bertz CT molecular complexity index is 1100. The molecule has 2 heterocycles. The van der Waals surface area contributed by atoms with E-state index in [-0.39, 0.29) is 11.3 Å². The zero-order valence-electron chi connectivity index (χ0n) is 16.5. The number of ether oxygens (including phenoxy) is 1. The zero-order valence-corrected chi connectivity index (χ0v) is 17.3. The van der Waals surface area contributed by atoms with Gasteiger partial charge < -0.3 is 9.84 Å². The van der Waals surface area contributed by atoms with Gasteiger partial charge in [-0.3, -0.25) is 14.5 Å². The first-order valence-corrected chi connectivity index (χ1v) is 10.4. The van der Waals surface area contributed by atoms with Gasteiger partial charge in [0.05, 0.1) is 18.2 Å². The number of benzene rings is 2. The number of rotatable bonds is 5. The van der Waals surface area contributed by atoms with Crippen LogP contribution in [0.15, 0.2) is 65.7 Å². The predicted octanol–water partition coefficient (Wildman–Crippen LogP) is 4.48. The van der Waals surface area contributed by atoms with Gasteiger partial charge in [-0.1, -0.05) is 29.8 Å². The van der Waals surface area contributed by atoms with Crippen LogP contribution in [0.1, 0.15) is 29.7 Å². The summed E-state index contributed by atoms with van der Waals surface area (Å²) in [4.78, 5) is 31.5. The summed E-state index contributed by atoms with van der Waals surface area (Å²) < 4.78 is 5.44. The Kier molecular flexibility index (Phi) is 5.37. The fraction of sp³-hybridized carbons (Fsp3) is 0.174. The third kappa shape index (κ3) is 3.48. The Hall–Kier alpha value is -3.45. The Morgan fingerprint density at radius 2 is 1.83 bits per heavy atom. The summed E-state index contributed by atoms with van der Waals surface area (Å²) in [5.74, 6) is -1.00. The summed E-state index contributed by atoms with van der Waals surface area (Å²) in [6.45, 7) is 4.37. The van der Waals surface area contributed by atoms with Gasteiger partial charge in [0.25, 0.3) is 5.78 Å². The largest absolute Gasteiger partial charge is 0.507 e. The van der Waals surface area contributed by atoms with Crippen LogP contribution in [0.2, 0.25) is 0 Å². The van der Waals surface area contributed by atoms with E-state index in [2.05, 4.69) is 4.98 Å². The van der Waals surface area contributed by atoms with Crippen LogP contribution < -0.4 is 9.64 Å². The summed E-state index contributed by atoms with van der Waals surface area (Å²) in [7, 11) is 0. The van der Waals surface area contributed by atoms with E-state index in [0.29, 0.717) is 23.1 Å². The third-order valence-electron chi connectivity index (χ3n) is 4.90. The second kappa shape index (κ2) is 8.12. The van der Waals surface area contributed by atoms with E-state index in [1.54, 1.807) is 35.8 Å². The minimum absolute atomic E-state index is 0.0446. The van der Waals surface area contributed by atoms with Crippen molar-refractivity contribution in [2.75, 3.05) is 11.5 Å². The molecule has 0 aliphatic carbocycles. The number of anilines is 1. The van der Waals surface area contributed by atoms with Gasteiger partial charge in [-0.25, -0.2) is 4.98 Å². The smallest absolute Gasteiger partial charge is 0.301 e. The van der Waals surface area contributed by atoms with E-state index in [1.165, 1.54) is 16.2 Å². The molecule has 6 nitrogen and oxygen atoms in total. The lowest BCUT2D eigenvalue weighted by Gasteiger charge is -2.23. The topological polar surface area (TPSA) is 79.7 Å². The highest BCUT2D eigenvalue weighted by Gasteiger charge is 2.47. The predicted molar refractivity (Wildman–Crippen MR) is 116 cm³/mol. The van der Waals surface area contributed by atoms with Crippen molar-refractivity contribution in [2.24, 2.45) is 0 Å². The van der Waals surface area contributed by atoms with Gasteiger partial charge in [0.2, 0.25) is 0 Å². The fourth-order valence-electron chi connectivity index (χ4n) is 3.46. The minimum Gasteiger partial charge on any atom is -0.507 e. The second-order valence-corrected chi connectivity index (χ2v) is 7.72. The van der Waals surface area contributed by atoms with Gasteiger partial charge in [0.1, 0.15) is 11.5 Å². The van der Waals surface area contributed by atoms with Crippen molar-refractivity contribution < 1.29 is 19.4 Å². The van der Waals surface area contributed by atoms with Crippen LogP contribution in [0.4, 0.5) is 5.13 Å². The Morgan fingerprint density at radius 3 is 2.43 bits per heavy atom. The molecule has 0 radical (unpaired) electrons. The number of nitrogens with zero attached hydrogens (tertiary/aromatic N) is 2. The molecule has 1 fully saturated rings. The lowest BCUT2D eigenvalue weighted by Crippen LogP contribution is -2.29. The average Bonchev–Trinajstić information content (AvgIpc) is 3.36. The number of thiazole rings is 1. The Morgan fingerprint density at radius 1 is 1.13 bits per heavy atom. The van der Waals surface area contributed by atoms with Gasteiger partial charge in [0, 0.05) is 17.1 Å². The van der Waals surface area contributed by atoms with Crippen LogP contribution in [-0.4, -0.2) is 28.4 Å². The summed E-state index contributed by atoms with van der Waals surface area (Å²) in [5.41, 5.74) is 2.26. The molecule has 0 unspecified atom stereocenters. The lowest BCUT2D eigenvalue weighted by molar-refractivity contribution is -0.132. The molecule has 1 aliphatic rings. The zero-order chi connectivity index (χ0) is 21.3. The molecular formula is C23H20N2O4S. The molecule has 1 N–H and O–H groups in total. The van der Waals surface area contributed by atoms with Gasteiger partial charge in [-0.15, -0.1) is 11.3 Å². The summed E-state index contributed by atoms with van der Waals surface area (Å²) >= 11 is 1.27. The number of hydrogen-bond acceptors (Lipinski definition) is 6. The molecule has 152 valence electrons. The van der Waals surface area contributed by atoms with E-state index >= 15 is 0 Å². The number of amides is 1. The van der Waals surface area contributed by atoms with Crippen LogP contribution in [-0.2, 0) is 9.59 Å². The molecule has 0 spiro atoms. The quantitative estimate of drug-likeness (QED) is 0.374. The summed E-state index contributed by atoms with van der Waals surface area (Å²) in [6, 6.07) is 13.6. The number of ketones is 1. The van der Waals surface area contributed by atoms with Crippen LogP contribution in [0, 0.1) is 6.92 Å². The number of carbonyl (C=O) groups is 2. The van der Waals surface area contributed by atoms with E-state index in [4.69, 9.17) is 4.74 Å². The molecule has 4 rings (SSSR count). The third-order valence-corrected chi connectivity index (χ3v) is 5.67. The molecule has 1 saturated heterocycles. The number of aryl methyl sites for hydroxylation is 1. The maximum atomic E-state index is 13.0. The van der Waals surface area contributed by atoms with Gasteiger partial charge in [-0.2, -0.15) is 0 Å². The van der Waals surface area contributed by atoms with Crippen molar-refractivity contribution in [2.45, 2.75) is 19.9 Å². The molecule has 1 atom stereocenters. The molecule has 0 saturated carbocycles. The molecule has 30 heavy (non-hydrogen) atoms. The minimum atomic E-state index is -0.761. The van der Waals surface area contributed by atoms with Crippen molar-refractivity contribution in [3.63, 3.8) is 0 Å². The molecule has 1 aliphatic heterocycles. The van der Waals surface area contributed by atoms with Gasteiger partial charge in [0.15, 0.2) is 5.13 Å². The Balaban J connectivity index is 1.86. The SMILES string of the molecule is CCOc1ccc(C(O)=C2C(=O)C(=O)N(c3nccs3)[C@@H]2c2ccc(C)cc2)cc1. The van der Waals surface area contributed by atoms with Crippen molar-refractivity contribution in [1.29, 1.82) is 0 Å². The molecular weight excluding hydrogens is 400 g/mol. The van der Waals surface area contributed by atoms with Crippen molar-refractivity contribution in [3.05, 3.63) is 82.4 Å². The van der Waals surface area contributed by atoms with Gasteiger partial charge in [-0.05, 0) is 43.7 Å². The van der Waals surface area contributed by atoms with Crippen molar-refractivity contribution in [3.8, 4) is 5.75 Å². The van der Waals surface area contributed by atoms with E-state index < -0.39 is 17.7 Å². The van der Waals surface area contributed by atoms with Crippen LogP contribution in [0.5, 0.6) is 5.75 Å². The number of aromatic nitrogens is 1. The normalized spacial score (nSPS) is 18.1. The summed E-state index contributed by atoms with van der Waals surface area (Å²) in [6.07, 6.45) is 1.58. The number of Topliss-reactive ketones (excluding diaryl/α,β-unsaturated/α-hetero) is 1. The van der Waals surface area contributed by atoms with E-state index in [9.17, 15) is 14.7 Å². The maximum Gasteiger partial charge on any atom is 0.301 e. The molecule has 2 aromatic carbocycles. The summed E-state index contributed by atoms with van der Waals surface area (Å²) in [5, 5.41) is 13.2. The molecule has 3 aromatic rings. The highest BCUT2D eigenvalue weighted by atomic mass is 32.1. The van der Waals surface area contributed by atoms with Crippen molar-refractivity contribution in [1.82, 2.24) is 4.98 Å². The highest BCUT2D eigenvalue weighted by molar-refractivity contribution is 7.14. The molecule has 0 bridgehead atoms. The Labute approximate surface area is 178 Å². The average molecular weight is 420 g/mol. The first-order chi connectivity index (χ1) is 14.5. The van der Waals surface area contributed by atoms with E-state index in [0.717, 1.165) is 11.1 Å². The first kappa shape index (κ1) is 19.8. The van der Waals surface area contributed by atoms with Crippen LogP contribution in [0.3, 0.4) is 0 Å². The molecule has 7 heteroatoms. The van der Waals surface area contributed by atoms with Gasteiger partial charge >= 0.3 is 5.91 Å². The van der Waals surface area contributed by atoms with Crippen molar-refractivity contribution >= 4 is 33.9 Å². The monoisotopic (exact) mass is 420 g/mol. The number of hydrogen-bond donors (Lipinski definition) is 1.